The van der Waals surface area contributed by atoms with Crippen molar-refractivity contribution in [1.82, 2.24) is 0 Å². The molecule has 0 spiro atoms. The molecule has 27 heavy (non-hydrogen) atoms. The molecule has 0 radical (unpaired) electrons. The summed E-state index contributed by atoms with van der Waals surface area (Å²) in [5, 5.41) is 31.1. The molecule has 0 atom stereocenters. The molecule has 2 aromatic rings. The molecule has 0 amide bonds. The molecule has 0 aliphatic carbocycles. The highest BCUT2D eigenvalue weighted by atomic mass is 16.6. The van der Waals surface area contributed by atoms with Crippen LogP contribution in [0.1, 0.15) is 39.8 Å². The zero-order valence-corrected chi connectivity index (χ0v) is 13.7. The van der Waals surface area contributed by atoms with E-state index in [1.165, 1.54) is 18.2 Å². The molecule has 0 saturated heterocycles. The number of rotatable bonds is 5. The van der Waals surface area contributed by atoms with Crippen LogP contribution in [0.2, 0.25) is 0 Å². The number of hydrogen-bond acceptors (Lipinski definition) is 6. The molecule has 0 heterocycles. The van der Waals surface area contributed by atoms with Crippen LogP contribution in [0.3, 0.4) is 0 Å². The molecule has 148 valence electrons. The first-order valence-corrected chi connectivity index (χ1v) is 7.44. The highest BCUT2D eigenvalue weighted by Gasteiger charge is 2.15. The summed E-state index contributed by atoms with van der Waals surface area (Å²) in [5.41, 5.74) is 1.28. The van der Waals surface area contributed by atoms with Crippen LogP contribution in [0.15, 0.2) is 42.5 Å². The summed E-state index contributed by atoms with van der Waals surface area (Å²) in [5.74, 6) is 0. The summed E-state index contributed by atoms with van der Waals surface area (Å²) in [7, 11) is 0. The Labute approximate surface area is 158 Å². The fourth-order valence-electron chi connectivity index (χ4n) is 1.96. The van der Waals surface area contributed by atoms with Crippen LogP contribution in [0.25, 0.3) is 0 Å². The molecule has 2 rings (SSSR count). The SMILES string of the molecule is C.C.CCc1cc([N+](=O)[O-])cc([N+](=O)[O-])c1.CCc1cccc([N+](=O)[O-])c1. The zero-order valence-electron chi connectivity index (χ0n) is 13.7. The Morgan fingerprint density at radius 2 is 1.07 bits per heavy atom. The molecule has 0 aliphatic rings. The Kier molecular flexibility index (Phi) is 11.6. The van der Waals surface area contributed by atoms with E-state index in [9.17, 15) is 30.3 Å². The topological polar surface area (TPSA) is 129 Å². The molecule has 0 unspecified atom stereocenters. The average molecular weight is 379 g/mol. The minimum Gasteiger partial charge on any atom is -0.258 e. The molecule has 9 nitrogen and oxygen atoms in total. The number of aryl methyl sites for hydroxylation is 2. The molecule has 0 fully saturated rings. The highest BCUT2D eigenvalue weighted by molar-refractivity contribution is 5.46. The molecule has 0 aliphatic heterocycles. The van der Waals surface area contributed by atoms with Gasteiger partial charge in [-0.15, -0.1) is 0 Å². The number of benzene rings is 2. The Bertz CT molecular complexity index is 760. The van der Waals surface area contributed by atoms with Crippen molar-refractivity contribution in [2.75, 3.05) is 0 Å². The van der Waals surface area contributed by atoms with Gasteiger partial charge in [-0.2, -0.15) is 0 Å². The largest absolute Gasteiger partial charge is 0.276 e. The van der Waals surface area contributed by atoms with Crippen LogP contribution in [0, 0.1) is 30.3 Å². The van der Waals surface area contributed by atoms with Crippen LogP contribution >= 0.6 is 0 Å². The van der Waals surface area contributed by atoms with Gasteiger partial charge in [0.05, 0.1) is 20.8 Å². The smallest absolute Gasteiger partial charge is 0.258 e. The van der Waals surface area contributed by atoms with E-state index in [1.54, 1.807) is 19.1 Å². The Morgan fingerprint density at radius 3 is 1.44 bits per heavy atom. The first-order valence-electron chi connectivity index (χ1n) is 7.44. The molecular formula is C18H25N3O6. The fourth-order valence-corrected chi connectivity index (χ4v) is 1.96. The minimum atomic E-state index is -0.633. The summed E-state index contributed by atoms with van der Waals surface area (Å²) in [4.78, 5) is 29.5. The molecule has 0 bridgehead atoms. The number of nitro groups is 3. The summed E-state index contributed by atoms with van der Waals surface area (Å²) in [6, 6.07) is 10.3. The van der Waals surface area contributed by atoms with Gasteiger partial charge in [0.25, 0.3) is 17.1 Å². The van der Waals surface area contributed by atoms with Crippen molar-refractivity contribution in [2.45, 2.75) is 41.5 Å². The zero-order chi connectivity index (χ0) is 19.0. The fraction of sp³-hybridized carbons (Fsp3) is 0.333. The van der Waals surface area contributed by atoms with E-state index in [0.717, 1.165) is 18.1 Å². The first kappa shape index (κ1) is 25.9. The standard InChI is InChI=1S/C8H8N2O4.C8H9NO2.2CH4/c1-2-6-3-7(9(11)12)5-8(4-6)10(13)14;1-2-7-4-3-5-8(6-7)9(10)11;;/h3-5H,2H2,1H3;3-6H,2H2,1H3;2*1H4. The van der Waals surface area contributed by atoms with Gasteiger partial charge < -0.3 is 0 Å². The van der Waals surface area contributed by atoms with Crippen molar-refractivity contribution in [3.05, 3.63) is 83.9 Å². The van der Waals surface area contributed by atoms with Crippen molar-refractivity contribution < 1.29 is 14.8 Å². The maximum Gasteiger partial charge on any atom is 0.276 e. The van der Waals surface area contributed by atoms with Gasteiger partial charge in [-0.05, 0) is 24.0 Å². The van der Waals surface area contributed by atoms with Gasteiger partial charge in [0.1, 0.15) is 0 Å². The monoisotopic (exact) mass is 379 g/mol. The van der Waals surface area contributed by atoms with E-state index < -0.39 is 9.85 Å². The van der Waals surface area contributed by atoms with E-state index in [4.69, 9.17) is 0 Å². The van der Waals surface area contributed by atoms with Crippen LogP contribution in [-0.2, 0) is 12.8 Å². The minimum absolute atomic E-state index is 0. The lowest BCUT2D eigenvalue weighted by molar-refractivity contribution is -0.394. The Morgan fingerprint density at radius 1 is 0.667 bits per heavy atom. The normalized spacial score (nSPS) is 8.96. The van der Waals surface area contributed by atoms with Crippen molar-refractivity contribution in [3.63, 3.8) is 0 Å². The van der Waals surface area contributed by atoms with E-state index >= 15 is 0 Å². The van der Waals surface area contributed by atoms with Gasteiger partial charge in [-0.3, -0.25) is 30.3 Å². The molecule has 9 heteroatoms. The maximum absolute atomic E-state index is 10.4. The summed E-state index contributed by atoms with van der Waals surface area (Å²) in [6.07, 6.45) is 1.37. The molecule has 0 saturated carbocycles. The third-order valence-electron chi connectivity index (χ3n) is 3.32. The highest BCUT2D eigenvalue weighted by Crippen LogP contribution is 2.22. The lowest BCUT2D eigenvalue weighted by Gasteiger charge is -1.97. The Balaban J connectivity index is 0. The first-order chi connectivity index (χ1) is 11.8. The number of non-ortho nitro benzene ring substituents is 3. The van der Waals surface area contributed by atoms with Crippen LogP contribution in [0.4, 0.5) is 17.1 Å². The van der Waals surface area contributed by atoms with Crippen LogP contribution in [-0.4, -0.2) is 14.8 Å². The second-order valence-corrected chi connectivity index (χ2v) is 5.01. The van der Waals surface area contributed by atoms with Crippen molar-refractivity contribution >= 4 is 17.1 Å². The summed E-state index contributed by atoms with van der Waals surface area (Å²) >= 11 is 0. The van der Waals surface area contributed by atoms with E-state index in [1.807, 2.05) is 13.0 Å². The van der Waals surface area contributed by atoms with Crippen molar-refractivity contribution in [2.24, 2.45) is 0 Å². The average Bonchev–Trinajstić information content (AvgIpc) is 2.61. The van der Waals surface area contributed by atoms with Gasteiger partial charge in [-0.25, -0.2) is 0 Å². The van der Waals surface area contributed by atoms with Crippen molar-refractivity contribution in [3.8, 4) is 0 Å². The molecule has 0 aromatic heterocycles. The number of nitro benzene ring substituents is 3. The van der Waals surface area contributed by atoms with Gasteiger partial charge in [0.15, 0.2) is 0 Å². The third kappa shape index (κ3) is 8.04. The molecule has 0 N–H and O–H groups in total. The van der Waals surface area contributed by atoms with Crippen LogP contribution < -0.4 is 0 Å². The van der Waals surface area contributed by atoms with Crippen LogP contribution in [0.5, 0.6) is 0 Å². The quantitative estimate of drug-likeness (QED) is 0.498. The van der Waals surface area contributed by atoms with E-state index in [2.05, 4.69) is 0 Å². The summed E-state index contributed by atoms with van der Waals surface area (Å²) < 4.78 is 0. The third-order valence-corrected chi connectivity index (χ3v) is 3.32. The van der Waals surface area contributed by atoms with Gasteiger partial charge >= 0.3 is 0 Å². The van der Waals surface area contributed by atoms with Gasteiger partial charge in [-0.1, -0.05) is 40.8 Å². The molecular weight excluding hydrogens is 354 g/mol. The Hall–Kier alpha value is -3.36. The predicted octanol–water partition coefficient (Wildman–Crippen LogP) is 5.49. The number of hydrogen-bond donors (Lipinski definition) is 0. The second-order valence-electron chi connectivity index (χ2n) is 5.01. The lowest BCUT2D eigenvalue weighted by atomic mass is 10.1. The second kappa shape index (κ2) is 12.1. The van der Waals surface area contributed by atoms with Gasteiger partial charge in [0, 0.05) is 24.3 Å². The molecule has 2 aromatic carbocycles. The predicted molar refractivity (Wildman–Crippen MR) is 105 cm³/mol. The summed E-state index contributed by atoms with van der Waals surface area (Å²) in [6.45, 7) is 3.75. The van der Waals surface area contributed by atoms with Gasteiger partial charge in [0.2, 0.25) is 0 Å². The van der Waals surface area contributed by atoms with Crippen molar-refractivity contribution in [1.29, 1.82) is 0 Å². The lowest BCUT2D eigenvalue weighted by Crippen LogP contribution is -1.94. The number of nitrogens with zero attached hydrogens (tertiary/aromatic N) is 3. The maximum atomic E-state index is 10.4. The van der Waals surface area contributed by atoms with E-state index in [-0.39, 0.29) is 36.8 Å². The van der Waals surface area contributed by atoms with E-state index in [0.29, 0.717) is 12.0 Å².